The largest absolute Gasteiger partial charge is 0.399 e. The van der Waals surface area contributed by atoms with Gasteiger partial charge in [-0.05, 0) is 49.4 Å². The number of aryl methyl sites for hydroxylation is 1. The highest BCUT2D eigenvalue weighted by molar-refractivity contribution is 5.58. The quantitative estimate of drug-likeness (QED) is 0.726. The van der Waals surface area contributed by atoms with Crippen LogP contribution in [0.5, 0.6) is 0 Å². The van der Waals surface area contributed by atoms with Crippen LogP contribution in [0.25, 0.3) is 0 Å². The van der Waals surface area contributed by atoms with Crippen LogP contribution in [0.2, 0.25) is 0 Å². The van der Waals surface area contributed by atoms with Crippen molar-refractivity contribution in [2.75, 3.05) is 23.7 Å². The molecule has 1 saturated heterocycles. The second-order valence-electron chi connectivity index (χ2n) is 5.51. The molecule has 92 valence electrons. The van der Waals surface area contributed by atoms with Gasteiger partial charge in [0.1, 0.15) is 0 Å². The van der Waals surface area contributed by atoms with Crippen LogP contribution in [0.3, 0.4) is 0 Å². The minimum atomic E-state index is -0.0834. The van der Waals surface area contributed by atoms with Gasteiger partial charge in [0.05, 0.1) is 6.10 Å². The fourth-order valence-electron chi connectivity index (χ4n) is 3.30. The summed E-state index contributed by atoms with van der Waals surface area (Å²) in [5.74, 6) is 1.16. The number of hydrogen-bond acceptors (Lipinski definition) is 3. The van der Waals surface area contributed by atoms with Crippen molar-refractivity contribution < 1.29 is 5.11 Å². The minimum absolute atomic E-state index is 0.0834. The second-order valence-corrected chi connectivity index (χ2v) is 5.51. The van der Waals surface area contributed by atoms with Crippen molar-refractivity contribution in [3.05, 3.63) is 23.8 Å². The monoisotopic (exact) mass is 232 g/mol. The number of benzene rings is 1. The summed E-state index contributed by atoms with van der Waals surface area (Å²) in [5.41, 5.74) is 9.09. The molecule has 0 bridgehead atoms. The summed E-state index contributed by atoms with van der Waals surface area (Å²) in [6.07, 6.45) is 2.08. The molecular formula is C14H20N2O. The van der Waals surface area contributed by atoms with Crippen molar-refractivity contribution in [1.29, 1.82) is 0 Å². The third-order valence-electron chi connectivity index (χ3n) is 4.44. The molecule has 1 aliphatic heterocycles. The van der Waals surface area contributed by atoms with Gasteiger partial charge in [0, 0.05) is 30.4 Å². The molecule has 3 unspecified atom stereocenters. The lowest BCUT2D eigenvalue weighted by molar-refractivity contribution is 0.133. The van der Waals surface area contributed by atoms with Crippen molar-refractivity contribution >= 4 is 11.4 Å². The second kappa shape index (κ2) is 3.91. The summed E-state index contributed by atoms with van der Waals surface area (Å²) >= 11 is 0. The predicted molar refractivity (Wildman–Crippen MR) is 70.0 cm³/mol. The summed E-state index contributed by atoms with van der Waals surface area (Å²) < 4.78 is 0. The number of aliphatic hydroxyl groups excluding tert-OH is 1. The SMILES string of the molecule is Cc1cc(N2CC3CCC(O)C3C2)ccc1N. The zero-order valence-corrected chi connectivity index (χ0v) is 10.3. The zero-order valence-electron chi connectivity index (χ0n) is 10.3. The number of hydrogen-bond donors (Lipinski definition) is 2. The molecule has 17 heavy (non-hydrogen) atoms. The lowest BCUT2D eigenvalue weighted by Crippen LogP contribution is -2.24. The molecule has 1 saturated carbocycles. The fraction of sp³-hybridized carbons (Fsp3) is 0.571. The Hall–Kier alpha value is -1.22. The molecule has 3 rings (SSSR count). The molecule has 3 nitrogen and oxygen atoms in total. The molecule has 3 atom stereocenters. The third kappa shape index (κ3) is 1.78. The summed E-state index contributed by atoms with van der Waals surface area (Å²) in [5, 5.41) is 9.92. The Labute approximate surface area is 102 Å². The van der Waals surface area contributed by atoms with Crippen LogP contribution in [0.15, 0.2) is 18.2 Å². The van der Waals surface area contributed by atoms with Crippen LogP contribution < -0.4 is 10.6 Å². The van der Waals surface area contributed by atoms with E-state index in [0.717, 1.165) is 30.8 Å². The van der Waals surface area contributed by atoms with Gasteiger partial charge in [0.2, 0.25) is 0 Å². The Morgan fingerprint density at radius 3 is 2.82 bits per heavy atom. The van der Waals surface area contributed by atoms with Gasteiger partial charge in [0.25, 0.3) is 0 Å². The predicted octanol–water partition coefficient (Wildman–Crippen LogP) is 1.78. The van der Waals surface area contributed by atoms with Crippen molar-refractivity contribution in [1.82, 2.24) is 0 Å². The summed E-state index contributed by atoms with van der Waals surface area (Å²) in [7, 11) is 0. The summed E-state index contributed by atoms with van der Waals surface area (Å²) in [4.78, 5) is 2.39. The van der Waals surface area contributed by atoms with Crippen LogP contribution in [-0.4, -0.2) is 24.3 Å². The molecule has 3 heteroatoms. The van der Waals surface area contributed by atoms with E-state index in [0.29, 0.717) is 11.8 Å². The van der Waals surface area contributed by atoms with Gasteiger partial charge in [0.15, 0.2) is 0 Å². The van der Waals surface area contributed by atoms with Crippen molar-refractivity contribution in [3.8, 4) is 0 Å². The maximum atomic E-state index is 9.92. The highest BCUT2D eigenvalue weighted by Crippen LogP contribution is 2.40. The first-order valence-corrected chi connectivity index (χ1v) is 6.44. The first kappa shape index (κ1) is 10.9. The Bertz CT molecular complexity index is 432. The lowest BCUT2D eigenvalue weighted by Gasteiger charge is -2.21. The standard InChI is InChI=1S/C14H20N2O/c1-9-6-11(3-4-13(9)15)16-7-10-2-5-14(17)12(10)8-16/h3-4,6,10,12,14,17H,2,5,7-8,15H2,1H3. The van der Waals surface area contributed by atoms with Crippen LogP contribution in [0.4, 0.5) is 11.4 Å². The molecule has 0 aromatic heterocycles. The first-order chi connectivity index (χ1) is 8.15. The van der Waals surface area contributed by atoms with E-state index in [2.05, 4.69) is 17.0 Å². The van der Waals surface area contributed by atoms with Gasteiger partial charge in [-0.1, -0.05) is 0 Å². The van der Waals surface area contributed by atoms with Crippen LogP contribution >= 0.6 is 0 Å². The molecule has 0 radical (unpaired) electrons. The van der Waals surface area contributed by atoms with Gasteiger partial charge in [-0.25, -0.2) is 0 Å². The summed E-state index contributed by atoms with van der Waals surface area (Å²) in [6.45, 7) is 4.13. The molecule has 3 N–H and O–H groups in total. The molecule has 1 aromatic carbocycles. The van der Waals surface area contributed by atoms with Crippen molar-refractivity contribution in [3.63, 3.8) is 0 Å². The zero-order chi connectivity index (χ0) is 12.0. The molecule has 1 aromatic rings. The Balaban J connectivity index is 1.80. The maximum absolute atomic E-state index is 9.92. The van der Waals surface area contributed by atoms with Crippen LogP contribution in [0.1, 0.15) is 18.4 Å². The molecule has 2 fully saturated rings. The lowest BCUT2D eigenvalue weighted by atomic mass is 10.00. The average molecular weight is 232 g/mol. The van der Waals surface area contributed by atoms with Crippen molar-refractivity contribution in [2.45, 2.75) is 25.9 Å². The maximum Gasteiger partial charge on any atom is 0.0588 e. The molecule has 2 aliphatic rings. The number of anilines is 2. The Morgan fingerprint density at radius 2 is 2.12 bits per heavy atom. The van der Waals surface area contributed by atoms with Gasteiger partial charge >= 0.3 is 0 Å². The van der Waals surface area contributed by atoms with E-state index in [1.807, 2.05) is 13.0 Å². The molecule has 1 heterocycles. The van der Waals surface area contributed by atoms with E-state index >= 15 is 0 Å². The number of aliphatic hydroxyl groups is 1. The highest BCUT2D eigenvalue weighted by atomic mass is 16.3. The minimum Gasteiger partial charge on any atom is -0.399 e. The third-order valence-corrected chi connectivity index (χ3v) is 4.44. The Morgan fingerprint density at radius 1 is 1.29 bits per heavy atom. The van der Waals surface area contributed by atoms with Gasteiger partial charge in [-0.15, -0.1) is 0 Å². The van der Waals surface area contributed by atoms with E-state index in [9.17, 15) is 5.11 Å². The molecular weight excluding hydrogens is 212 g/mol. The van der Waals surface area contributed by atoms with Gasteiger partial charge in [-0.3, -0.25) is 0 Å². The van der Waals surface area contributed by atoms with Gasteiger partial charge in [-0.2, -0.15) is 0 Å². The first-order valence-electron chi connectivity index (χ1n) is 6.44. The number of nitrogens with zero attached hydrogens (tertiary/aromatic N) is 1. The number of rotatable bonds is 1. The Kier molecular flexibility index (Phi) is 2.51. The fourth-order valence-corrected chi connectivity index (χ4v) is 3.30. The number of nitrogens with two attached hydrogens (primary N) is 1. The van der Waals surface area contributed by atoms with E-state index in [-0.39, 0.29) is 6.10 Å². The smallest absolute Gasteiger partial charge is 0.0588 e. The molecule has 0 spiro atoms. The van der Waals surface area contributed by atoms with Gasteiger partial charge < -0.3 is 15.7 Å². The van der Waals surface area contributed by atoms with E-state index in [1.165, 1.54) is 12.1 Å². The number of fused-ring (bicyclic) bond motifs is 1. The van der Waals surface area contributed by atoms with Crippen molar-refractivity contribution in [2.24, 2.45) is 11.8 Å². The van der Waals surface area contributed by atoms with E-state index < -0.39 is 0 Å². The van der Waals surface area contributed by atoms with Crippen LogP contribution in [-0.2, 0) is 0 Å². The van der Waals surface area contributed by atoms with E-state index in [4.69, 9.17) is 5.73 Å². The van der Waals surface area contributed by atoms with E-state index in [1.54, 1.807) is 0 Å². The molecule has 1 aliphatic carbocycles. The van der Waals surface area contributed by atoms with Crippen LogP contribution in [0, 0.1) is 18.8 Å². The molecule has 0 amide bonds. The number of nitrogen functional groups attached to an aromatic ring is 1. The highest BCUT2D eigenvalue weighted by Gasteiger charge is 2.41. The normalized spacial score (nSPS) is 31.9. The summed E-state index contributed by atoms with van der Waals surface area (Å²) in [6, 6.07) is 6.23. The average Bonchev–Trinajstić information content (AvgIpc) is 2.86. The topological polar surface area (TPSA) is 49.5 Å².